The molecule has 15 heavy (non-hydrogen) atoms. The second-order valence-electron chi connectivity index (χ2n) is 3.26. The van der Waals surface area contributed by atoms with E-state index in [-0.39, 0.29) is 5.56 Å². The highest BCUT2D eigenvalue weighted by Gasteiger charge is 2.32. The summed E-state index contributed by atoms with van der Waals surface area (Å²) in [5.41, 5.74) is -1.79. The van der Waals surface area contributed by atoms with E-state index in [1.54, 1.807) is 0 Å². The quantitative estimate of drug-likeness (QED) is 0.829. The summed E-state index contributed by atoms with van der Waals surface area (Å²) in [6.45, 7) is 1.18. The zero-order valence-electron chi connectivity index (χ0n) is 8.32. The zero-order valence-corrected chi connectivity index (χ0v) is 9.08. The number of carboxylic acids is 1. The van der Waals surface area contributed by atoms with E-state index >= 15 is 0 Å². The monoisotopic (exact) mass is 230 g/mol. The minimum atomic E-state index is -1.97. The van der Waals surface area contributed by atoms with Crippen molar-refractivity contribution in [1.29, 1.82) is 0 Å². The largest absolute Gasteiger partial charge is 0.497 e. The van der Waals surface area contributed by atoms with Crippen LogP contribution in [0.15, 0.2) is 18.2 Å². The number of methoxy groups -OCH3 is 1. The van der Waals surface area contributed by atoms with Crippen molar-refractivity contribution in [2.75, 3.05) is 7.11 Å². The number of hydrogen-bond donors (Lipinski definition) is 2. The molecule has 0 amide bonds. The van der Waals surface area contributed by atoms with Crippen LogP contribution in [0.25, 0.3) is 0 Å². The van der Waals surface area contributed by atoms with Gasteiger partial charge >= 0.3 is 5.97 Å². The Bertz CT molecular complexity index is 387. The van der Waals surface area contributed by atoms with E-state index in [4.69, 9.17) is 21.4 Å². The highest BCUT2D eigenvalue weighted by atomic mass is 35.5. The maximum absolute atomic E-state index is 10.8. The summed E-state index contributed by atoms with van der Waals surface area (Å²) < 4.78 is 4.92. The van der Waals surface area contributed by atoms with Crippen molar-refractivity contribution in [3.05, 3.63) is 28.8 Å². The molecule has 0 saturated carbocycles. The van der Waals surface area contributed by atoms with E-state index in [1.807, 2.05) is 0 Å². The van der Waals surface area contributed by atoms with Gasteiger partial charge in [0.2, 0.25) is 0 Å². The molecule has 0 saturated heterocycles. The van der Waals surface area contributed by atoms with Crippen LogP contribution in [-0.2, 0) is 10.4 Å². The van der Waals surface area contributed by atoms with Crippen molar-refractivity contribution in [2.24, 2.45) is 0 Å². The van der Waals surface area contributed by atoms with Crippen LogP contribution in [0.1, 0.15) is 12.5 Å². The molecule has 0 radical (unpaired) electrons. The number of rotatable bonds is 3. The predicted molar refractivity (Wildman–Crippen MR) is 55.2 cm³/mol. The average Bonchev–Trinajstić information content (AvgIpc) is 2.16. The molecular formula is C10H11ClO4. The molecule has 82 valence electrons. The molecule has 1 unspecified atom stereocenters. The van der Waals surface area contributed by atoms with Gasteiger partial charge in [-0.15, -0.1) is 0 Å². The van der Waals surface area contributed by atoms with Crippen LogP contribution in [0.3, 0.4) is 0 Å². The number of ether oxygens (including phenoxy) is 1. The Labute approximate surface area is 92.1 Å². The van der Waals surface area contributed by atoms with Crippen LogP contribution in [0, 0.1) is 0 Å². The van der Waals surface area contributed by atoms with Gasteiger partial charge in [0.1, 0.15) is 5.75 Å². The SMILES string of the molecule is COc1cc(Cl)cc(C(C)(O)C(=O)O)c1. The molecule has 5 heteroatoms. The molecule has 0 aromatic heterocycles. The van der Waals surface area contributed by atoms with E-state index in [0.717, 1.165) is 0 Å². The smallest absolute Gasteiger partial charge is 0.340 e. The number of carboxylic acid groups (broad SMARTS) is 1. The molecule has 0 aliphatic carbocycles. The first-order chi connectivity index (χ1) is 6.87. The van der Waals surface area contributed by atoms with Gasteiger partial charge in [0.25, 0.3) is 0 Å². The molecule has 0 bridgehead atoms. The number of hydrogen-bond acceptors (Lipinski definition) is 3. The Morgan fingerprint density at radius 2 is 2.07 bits per heavy atom. The third kappa shape index (κ3) is 2.40. The first-order valence-corrected chi connectivity index (χ1v) is 4.56. The fourth-order valence-electron chi connectivity index (χ4n) is 1.09. The summed E-state index contributed by atoms with van der Waals surface area (Å²) >= 11 is 5.76. The Morgan fingerprint density at radius 1 is 1.47 bits per heavy atom. The molecule has 1 aromatic carbocycles. The molecule has 0 heterocycles. The lowest BCUT2D eigenvalue weighted by atomic mass is 9.96. The highest BCUT2D eigenvalue weighted by Crippen LogP contribution is 2.28. The minimum absolute atomic E-state index is 0.180. The normalized spacial score (nSPS) is 14.4. The highest BCUT2D eigenvalue weighted by molar-refractivity contribution is 6.30. The third-order valence-corrected chi connectivity index (χ3v) is 2.30. The van der Waals surface area contributed by atoms with Gasteiger partial charge in [0, 0.05) is 5.02 Å². The standard InChI is InChI=1S/C10H11ClO4/c1-10(14,9(12)13)6-3-7(11)5-8(4-6)15-2/h3-5,14H,1-2H3,(H,12,13). The summed E-state index contributed by atoms with van der Waals surface area (Å²) in [6, 6.07) is 4.35. The van der Waals surface area contributed by atoms with Gasteiger partial charge in [0.05, 0.1) is 7.11 Å². The topological polar surface area (TPSA) is 66.8 Å². The second kappa shape index (κ2) is 4.08. The Balaban J connectivity index is 3.25. The van der Waals surface area contributed by atoms with Gasteiger partial charge in [-0.25, -0.2) is 4.79 Å². The van der Waals surface area contributed by atoms with Gasteiger partial charge in [-0.05, 0) is 30.7 Å². The molecule has 1 aromatic rings. The summed E-state index contributed by atoms with van der Waals surface area (Å²) in [6.07, 6.45) is 0. The van der Waals surface area contributed by atoms with Crippen LogP contribution < -0.4 is 4.74 Å². The fraction of sp³-hybridized carbons (Fsp3) is 0.300. The average molecular weight is 231 g/mol. The number of benzene rings is 1. The van der Waals surface area contributed by atoms with Crippen LogP contribution in [-0.4, -0.2) is 23.3 Å². The summed E-state index contributed by atoms with van der Waals surface area (Å²) in [7, 11) is 1.44. The molecule has 0 spiro atoms. The Morgan fingerprint density at radius 3 is 2.53 bits per heavy atom. The van der Waals surface area contributed by atoms with Crippen molar-refractivity contribution >= 4 is 17.6 Å². The Hall–Kier alpha value is -1.26. The number of halogens is 1. The maximum atomic E-state index is 10.8. The van der Waals surface area contributed by atoms with Crippen LogP contribution in [0.5, 0.6) is 5.75 Å². The molecule has 0 aliphatic heterocycles. The van der Waals surface area contributed by atoms with Crippen LogP contribution in [0.2, 0.25) is 5.02 Å². The third-order valence-electron chi connectivity index (χ3n) is 2.09. The summed E-state index contributed by atoms with van der Waals surface area (Å²) in [4.78, 5) is 10.8. The number of aliphatic carboxylic acids is 1. The first-order valence-electron chi connectivity index (χ1n) is 4.18. The second-order valence-corrected chi connectivity index (χ2v) is 3.69. The van der Waals surface area contributed by atoms with Gasteiger partial charge in [-0.3, -0.25) is 0 Å². The molecule has 0 fully saturated rings. The van der Waals surface area contributed by atoms with Crippen molar-refractivity contribution in [1.82, 2.24) is 0 Å². The molecule has 0 aliphatic rings. The lowest BCUT2D eigenvalue weighted by Gasteiger charge is -2.19. The van der Waals surface area contributed by atoms with Crippen molar-refractivity contribution in [3.63, 3.8) is 0 Å². The van der Waals surface area contributed by atoms with Crippen molar-refractivity contribution < 1.29 is 19.7 Å². The van der Waals surface area contributed by atoms with Crippen molar-refractivity contribution in [2.45, 2.75) is 12.5 Å². The van der Waals surface area contributed by atoms with Gasteiger partial charge in [-0.1, -0.05) is 11.6 Å². The van der Waals surface area contributed by atoms with Gasteiger partial charge in [0.15, 0.2) is 5.60 Å². The molecule has 4 nitrogen and oxygen atoms in total. The zero-order chi connectivity index (χ0) is 11.6. The van der Waals surface area contributed by atoms with Crippen molar-refractivity contribution in [3.8, 4) is 5.75 Å². The van der Waals surface area contributed by atoms with Crippen LogP contribution in [0.4, 0.5) is 0 Å². The van der Waals surface area contributed by atoms with E-state index in [2.05, 4.69) is 0 Å². The van der Waals surface area contributed by atoms with Gasteiger partial charge < -0.3 is 14.9 Å². The van der Waals surface area contributed by atoms with E-state index in [0.29, 0.717) is 10.8 Å². The predicted octanol–water partition coefficient (Wildman–Crippen LogP) is 1.64. The van der Waals surface area contributed by atoms with Crippen LogP contribution >= 0.6 is 11.6 Å². The fourth-order valence-corrected chi connectivity index (χ4v) is 1.31. The lowest BCUT2D eigenvalue weighted by molar-refractivity contribution is -0.157. The first kappa shape index (κ1) is 11.8. The summed E-state index contributed by atoms with van der Waals surface area (Å²) in [5.74, 6) is -0.939. The summed E-state index contributed by atoms with van der Waals surface area (Å²) in [5, 5.41) is 18.8. The van der Waals surface area contributed by atoms with E-state index < -0.39 is 11.6 Å². The molecular weight excluding hydrogens is 220 g/mol. The number of carbonyl (C=O) groups is 1. The lowest BCUT2D eigenvalue weighted by Crippen LogP contribution is -2.31. The van der Waals surface area contributed by atoms with Gasteiger partial charge in [-0.2, -0.15) is 0 Å². The maximum Gasteiger partial charge on any atom is 0.340 e. The molecule has 1 atom stereocenters. The minimum Gasteiger partial charge on any atom is -0.497 e. The van der Waals surface area contributed by atoms with E-state index in [9.17, 15) is 9.90 Å². The molecule has 1 rings (SSSR count). The molecule has 2 N–H and O–H groups in total. The Kier molecular flexibility index (Phi) is 3.21. The van der Waals surface area contributed by atoms with E-state index in [1.165, 1.54) is 32.2 Å². The number of aliphatic hydroxyl groups is 1.